The molecule has 0 saturated heterocycles. The summed E-state index contributed by atoms with van der Waals surface area (Å²) in [6.45, 7) is 5.29. The van der Waals surface area contributed by atoms with Gasteiger partial charge >= 0.3 is 0 Å². The van der Waals surface area contributed by atoms with E-state index in [0.717, 1.165) is 25.7 Å². The van der Waals surface area contributed by atoms with Gasteiger partial charge in [-0.1, -0.05) is 18.1 Å². The molecule has 0 aromatic carbocycles. The van der Waals surface area contributed by atoms with Crippen molar-refractivity contribution in [2.45, 2.75) is 70.2 Å². The van der Waals surface area contributed by atoms with Crippen LogP contribution in [0, 0.1) is 0 Å². The van der Waals surface area contributed by atoms with Crippen molar-refractivity contribution in [1.82, 2.24) is 24.9 Å². The molecular weight excluding hydrogens is 318 g/mol. The summed E-state index contributed by atoms with van der Waals surface area (Å²) in [6.07, 6.45) is 9.65. The first-order valence-corrected chi connectivity index (χ1v) is 8.94. The molecule has 7 heteroatoms. The van der Waals surface area contributed by atoms with Gasteiger partial charge in [-0.3, -0.25) is 4.79 Å². The maximum atomic E-state index is 12.6. The third kappa shape index (κ3) is 3.92. The molecular formula is C18H27N5O2. The highest BCUT2D eigenvalue weighted by Crippen LogP contribution is 2.29. The number of aromatic nitrogens is 4. The van der Waals surface area contributed by atoms with E-state index >= 15 is 0 Å². The zero-order valence-corrected chi connectivity index (χ0v) is 15.1. The summed E-state index contributed by atoms with van der Waals surface area (Å²) in [5, 5.41) is 21.6. The van der Waals surface area contributed by atoms with E-state index in [2.05, 4.69) is 15.6 Å². The summed E-state index contributed by atoms with van der Waals surface area (Å²) >= 11 is 0. The first kappa shape index (κ1) is 17.7. The Morgan fingerprint density at radius 1 is 1.32 bits per heavy atom. The summed E-state index contributed by atoms with van der Waals surface area (Å²) in [5.41, 5.74) is -0.474. The summed E-state index contributed by atoms with van der Waals surface area (Å²) in [4.78, 5) is 12.6. The van der Waals surface area contributed by atoms with E-state index in [1.165, 1.54) is 0 Å². The summed E-state index contributed by atoms with van der Waals surface area (Å²) in [5.74, 6) is 0.0101. The van der Waals surface area contributed by atoms with Crippen molar-refractivity contribution >= 4 is 5.91 Å². The third-order valence-corrected chi connectivity index (χ3v) is 4.99. The number of hydrogen-bond acceptors (Lipinski definition) is 4. The molecule has 2 N–H and O–H groups in total. The molecule has 1 aliphatic rings. The van der Waals surface area contributed by atoms with Crippen LogP contribution in [0.15, 0.2) is 30.7 Å². The first-order chi connectivity index (χ1) is 11.9. The van der Waals surface area contributed by atoms with Gasteiger partial charge in [0.1, 0.15) is 17.3 Å². The quantitative estimate of drug-likeness (QED) is 0.870. The van der Waals surface area contributed by atoms with Crippen molar-refractivity contribution in [2.24, 2.45) is 0 Å². The minimum absolute atomic E-state index is 0.0101. The van der Waals surface area contributed by atoms with Gasteiger partial charge in [-0.15, -0.1) is 5.10 Å². The highest BCUT2D eigenvalue weighted by molar-refractivity contribution is 5.80. The van der Waals surface area contributed by atoms with E-state index in [1.54, 1.807) is 24.7 Å². The molecule has 2 aromatic heterocycles. The van der Waals surface area contributed by atoms with Crippen LogP contribution in [0.2, 0.25) is 0 Å². The van der Waals surface area contributed by atoms with Crippen LogP contribution < -0.4 is 5.32 Å². The fraction of sp³-hybridized carbons (Fsp3) is 0.611. The molecule has 0 radical (unpaired) electrons. The molecule has 3 rings (SSSR count). The molecule has 1 fully saturated rings. The van der Waals surface area contributed by atoms with Crippen LogP contribution in [-0.4, -0.2) is 36.6 Å². The smallest absolute Gasteiger partial charge is 0.243 e. The van der Waals surface area contributed by atoms with Crippen molar-refractivity contribution in [3.05, 3.63) is 36.4 Å². The van der Waals surface area contributed by atoms with Gasteiger partial charge in [0.25, 0.3) is 0 Å². The van der Waals surface area contributed by atoms with E-state index in [4.69, 9.17) is 0 Å². The minimum atomic E-state index is -1.02. The van der Waals surface area contributed by atoms with Crippen LogP contribution in [-0.2, 0) is 10.4 Å². The van der Waals surface area contributed by atoms with Crippen molar-refractivity contribution < 1.29 is 9.90 Å². The number of rotatable bonds is 5. The Hall–Kier alpha value is -2.15. The molecule has 1 aliphatic carbocycles. The van der Waals surface area contributed by atoms with Gasteiger partial charge in [0.05, 0.1) is 18.3 Å². The Labute approximate surface area is 148 Å². The van der Waals surface area contributed by atoms with Crippen molar-refractivity contribution in [1.29, 1.82) is 0 Å². The van der Waals surface area contributed by atoms with Gasteiger partial charge in [0.2, 0.25) is 5.91 Å². The van der Waals surface area contributed by atoms with Crippen molar-refractivity contribution in [2.75, 3.05) is 0 Å². The first-order valence-electron chi connectivity index (χ1n) is 8.94. The lowest BCUT2D eigenvalue weighted by Crippen LogP contribution is -2.45. The molecule has 1 amide bonds. The number of hydrogen-bond donors (Lipinski definition) is 2. The topological polar surface area (TPSA) is 85.0 Å². The zero-order valence-electron chi connectivity index (χ0n) is 15.1. The number of aliphatic hydroxyl groups is 1. The minimum Gasteiger partial charge on any atom is -0.384 e. The van der Waals surface area contributed by atoms with E-state index in [0.29, 0.717) is 5.69 Å². The molecule has 0 spiro atoms. The van der Waals surface area contributed by atoms with Crippen LogP contribution >= 0.6 is 0 Å². The molecule has 7 nitrogen and oxygen atoms in total. The van der Waals surface area contributed by atoms with Crippen LogP contribution in [0.5, 0.6) is 0 Å². The van der Waals surface area contributed by atoms with Crippen molar-refractivity contribution in [3.63, 3.8) is 0 Å². The lowest BCUT2D eigenvalue weighted by Gasteiger charge is -2.33. The molecule has 3 atom stereocenters. The average Bonchev–Trinajstić information content (AvgIpc) is 3.26. The highest BCUT2D eigenvalue weighted by atomic mass is 16.3. The second-order valence-corrected chi connectivity index (χ2v) is 7.42. The highest BCUT2D eigenvalue weighted by Gasteiger charge is 2.31. The summed E-state index contributed by atoms with van der Waals surface area (Å²) in [6, 6.07) is 3.68. The second-order valence-electron chi connectivity index (χ2n) is 7.42. The normalized spacial score (nSPS) is 22.6. The van der Waals surface area contributed by atoms with E-state index < -0.39 is 5.60 Å². The molecule has 136 valence electrons. The third-order valence-electron chi connectivity index (χ3n) is 4.99. The number of amides is 1. The van der Waals surface area contributed by atoms with Crippen LogP contribution in [0.3, 0.4) is 0 Å². The van der Waals surface area contributed by atoms with Crippen molar-refractivity contribution in [3.8, 4) is 0 Å². The van der Waals surface area contributed by atoms with Gasteiger partial charge in [-0.25, -0.2) is 4.68 Å². The van der Waals surface area contributed by atoms with Gasteiger partial charge in [-0.05, 0) is 45.7 Å². The Bertz CT molecular complexity index is 701. The second kappa shape index (κ2) is 7.00. The maximum Gasteiger partial charge on any atom is 0.243 e. The molecule has 0 aliphatic heterocycles. The molecule has 1 saturated carbocycles. The van der Waals surface area contributed by atoms with E-state index in [-0.39, 0.29) is 24.0 Å². The van der Waals surface area contributed by atoms with Gasteiger partial charge < -0.3 is 15.0 Å². The standard InChI is InChI=1S/C18H27N5O2/c1-13(22-10-6-7-11-22)17(24)19-14-8-4-5-9-15(14)23-12-16(20-21-23)18(2,3)25/h6-7,10-15,25H,4-5,8-9H2,1-3H3,(H,19,24)/t13?,14-,15+/m0/s1. The molecule has 2 aromatic rings. The number of nitrogens with zero attached hydrogens (tertiary/aromatic N) is 4. The van der Waals surface area contributed by atoms with Crippen LogP contribution in [0.25, 0.3) is 0 Å². The Balaban J connectivity index is 1.73. The van der Waals surface area contributed by atoms with Crippen LogP contribution in [0.4, 0.5) is 0 Å². The van der Waals surface area contributed by atoms with Gasteiger partial charge in [0, 0.05) is 12.4 Å². The lowest BCUT2D eigenvalue weighted by atomic mass is 9.90. The fourth-order valence-corrected chi connectivity index (χ4v) is 3.36. The predicted octanol–water partition coefficient (Wildman–Crippen LogP) is 2.17. The lowest BCUT2D eigenvalue weighted by molar-refractivity contribution is -0.125. The Morgan fingerprint density at radius 2 is 2.00 bits per heavy atom. The number of carbonyl (C=O) groups excluding carboxylic acids is 1. The average molecular weight is 345 g/mol. The maximum absolute atomic E-state index is 12.6. The van der Waals surface area contributed by atoms with Gasteiger partial charge in [-0.2, -0.15) is 0 Å². The summed E-state index contributed by atoms with van der Waals surface area (Å²) in [7, 11) is 0. The monoisotopic (exact) mass is 345 g/mol. The Kier molecular flexibility index (Phi) is 4.94. The largest absolute Gasteiger partial charge is 0.384 e. The number of carbonyl (C=O) groups is 1. The number of nitrogens with one attached hydrogen (secondary N) is 1. The molecule has 25 heavy (non-hydrogen) atoms. The molecule has 1 unspecified atom stereocenters. The zero-order chi connectivity index (χ0) is 18.0. The Morgan fingerprint density at radius 3 is 2.64 bits per heavy atom. The fourth-order valence-electron chi connectivity index (χ4n) is 3.36. The SMILES string of the molecule is CC(C(=O)N[C@H]1CCCC[C@H]1n1cc(C(C)(C)O)nn1)n1cccc1. The molecule has 0 bridgehead atoms. The predicted molar refractivity (Wildman–Crippen MR) is 93.8 cm³/mol. The van der Waals surface area contributed by atoms with E-state index in [9.17, 15) is 9.90 Å². The van der Waals surface area contributed by atoms with E-state index in [1.807, 2.05) is 36.0 Å². The molecule has 2 heterocycles. The van der Waals surface area contributed by atoms with Gasteiger partial charge in [0.15, 0.2) is 0 Å². The summed E-state index contributed by atoms with van der Waals surface area (Å²) < 4.78 is 3.70. The van der Waals surface area contributed by atoms with Crippen LogP contribution in [0.1, 0.15) is 64.2 Å².